The number of benzene rings is 1. The molecule has 12 heteroatoms. The quantitative estimate of drug-likeness (QED) is 0.370. The molecule has 1 atom stereocenters. The second kappa shape index (κ2) is 12.3. The van der Waals surface area contributed by atoms with Gasteiger partial charge < -0.3 is 19.4 Å². The second-order valence-electron chi connectivity index (χ2n) is 11.9. The van der Waals surface area contributed by atoms with Crippen molar-refractivity contribution in [1.82, 2.24) is 30.3 Å². The topological polar surface area (TPSA) is 127 Å². The first-order chi connectivity index (χ1) is 18.9. The van der Waals surface area contributed by atoms with Gasteiger partial charge in [0.2, 0.25) is 5.89 Å². The van der Waals surface area contributed by atoms with Crippen LogP contribution in [0.4, 0.5) is 4.79 Å². The van der Waals surface area contributed by atoms with Gasteiger partial charge in [0.25, 0.3) is 5.91 Å². The van der Waals surface area contributed by atoms with Crippen molar-refractivity contribution in [2.75, 3.05) is 18.5 Å². The fourth-order valence-electron chi connectivity index (χ4n) is 4.10. The predicted octanol–water partition coefficient (Wildman–Crippen LogP) is 4.73. The van der Waals surface area contributed by atoms with Crippen molar-refractivity contribution in [3.05, 3.63) is 59.4 Å². The first-order valence-corrected chi connectivity index (χ1v) is 14.5. The summed E-state index contributed by atoms with van der Waals surface area (Å²) < 4.78 is 11.1. The van der Waals surface area contributed by atoms with E-state index in [2.05, 4.69) is 46.7 Å². The zero-order valence-corrected chi connectivity index (χ0v) is 24.9. The largest absolute Gasteiger partial charge is 0.444 e. The number of rotatable bonds is 8. The fraction of sp³-hybridized carbons (Fsp3) is 0.536. The molecule has 1 fully saturated rings. The van der Waals surface area contributed by atoms with E-state index in [-0.39, 0.29) is 17.4 Å². The summed E-state index contributed by atoms with van der Waals surface area (Å²) in [7, 11) is 0. The van der Waals surface area contributed by atoms with Crippen LogP contribution in [0.1, 0.15) is 82.0 Å². The Labute approximate surface area is 239 Å². The van der Waals surface area contributed by atoms with Crippen molar-refractivity contribution < 1.29 is 18.7 Å². The molecule has 3 heterocycles. The third-order valence-corrected chi connectivity index (χ3v) is 7.02. The van der Waals surface area contributed by atoms with Crippen LogP contribution in [0.2, 0.25) is 0 Å². The Morgan fingerprint density at radius 3 is 2.55 bits per heavy atom. The average molecular weight is 570 g/mol. The van der Waals surface area contributed by atoms with Crippen LogP contribution >= 0.6 is 11.8 Å². The van der Waals surface area contributed by atoms with Crippen LogP contribution in [0.25, 0.3) is 0 Å². The molecular formula is C28H39N7O4S. The monoisotopic (exact) mass is 569 g/mol. The average Bonchev–Trinajstić information content (AvgIpc) is 3.55. The smallest absolute Gasteiger partial charge is 0.407 e. The normalized spacial score (nSPS) is 16.1. The van der Waals surface area contributed by atoms with Crippen LogP contribution in [-0.2, 0) is 22.4 Å². The number of carbonyl (C=O) groups is 2. The minimum absolute atomic E-state index is 0.0246. The van der Waals surface area contributed by atoms with Crippen molar-refractivity contribution >= 4 is 23.8 Å². The summed E-state index contributed by atoms with van der Waals surface area (Å²) in [6, 6.07) is 7.31. The number of hydrogen-bond acceptors (Lipinski definition) is 9. The molecule has 1 saturated heterocycles. The number of aromatic nitrogens is 4. The summed E-state index contributed by atoms with van der Waals surface area (Å²) in [4.78, 5) is 32.7. The van der Waals surface area contributed by atoms with Gasteiger partial charge in [0.15, 0.2) is 0 Å². The number of ether oxygens (including phenoxy) is 1. The summed E-state index contributed by atoms with van der Waals surface area (Å²) in [6.07, 6.45) is 4.80. The minimum Gasteiger partial charge on any atom is -0.444 e. The van der Waals surface area contributed by atoms with Crippen LogP contribution in [-0.4, -0.2) is 61.7 Å². The van der Waals surface area contributed by atoms with E-state index in [1.54, 1.807) is 24.5 Å². The van der Waals surface area contributed by atoms with Crippen LogP contribution in [0.3, 0.4) is 0 Å². The lowest BCUT2D eigenvalue weighted by Crippen LogP contribution is -2.47. The zero-order chi connectivity index (χ0) is 28.9. The number of thioether (sulfide) groups is 1. The standard InChI is InChI=1S/C28H39N7O4S/c1-27(2,3)22-15-29-23(38-22)18-40-24-16-31-35(33-24)32-21-8-7-13-34(17-21)25(36)20-11-9-19(10-12-20)14-30-26(37)39-28(4,5)6/h9-12,15-16,21,32H,7-8,13-14,17-18H2,1-6H3,(H,30,37)/t21-/m1/s1. The zero-order valence-electron chi connectivity index (χ0n) is 24.1. The van der Waals surface area contributed by atoms with Crippen LogP contribution in [0.15, 0.2) is 46.1 Å². The molecule has 216 valence electrons. The Bertz CT molecular complexity index is 1290. The first kappa shape index (κ1) is 29.4. The fourth-order valence-corrected chi connectivity index (χ4v) is 4.76. The van der Waals surface area contributed by atoms with E-state index in [4.69, 9.17) is 9.15 Å². The number of carbonyl (C=O) groups excluding carboxylic acids is 2. The van der Waals surface area contributed by atoms with E-state index in [1.807, 2.05) is 37.8 Å². The van der Waals surface area contributed by atoms with Gasteiger partial charge in [0, 0.05) is 30.6 Å². The highest BCUT2D eigenvalue weighted by molar-refractivity contribution is 7.98. The van der Waals surface area contributed by atoms with Gasteiger partial charge in [-0.15, -0.1) is 10.2 Å². The van der Waals surface area contributed by atoms with Crippen LogP contribution in [0.5, 0.6) is 0 Å². The highest BCUT2D eigenvalue weighted by atomic mass is 32.2. The van der Waals surface area contributed by atoms with Gasteiger partial charge in [0.1, 0.15) is 16.4 Å². The van der Waals surface area contributed by atoms with Gasteiger partial charge in [-0.1, -0.05) is 49.6 Å². The van der Waals surface area contributed by atoms with Crippen LogP contribution in [0, 0.1) is 0 Å². The number of nitrogens with one attached hydrogen (secondary N) is 2. The summed E-state index contributed by atoms with van der Waals surface area (Å²) in [5.74, 6) is 2.06. The lowest BCUT2D eigenvalue weighted by molar-refractivity contribution is 0.0523. The maximum Gasteiger partial charge on any atom is 0.407 e. The Hall–Kier alpha value is -3.54. The number of oxazole rings is 1. The van der Waals surface area contributed by atoms with Gasteiger partial charge in [-0.05, 0) is 51.3 Å². The number of hydrogen-bond donors (Lipinski definition) is 2. The SMILES string of the molecule is CC(C)(C)OC(=O)NCc1ccc(C(=O)N2CCC[C@@H](Nn3ncc(SCc4ncc(C(C)(C)C)o4)n3)C2)cc1. The van der Waals surface area contributed by atoms with Gasteiger partial charge in [0.05, 0.1) is 24.2 Å². The molecule has 11 nitrogen and oxygen atoms in total. The van der Waals surface area contributed by atoms with Crippen molar-refractivity contribution in [3.8, 4) is 0 Å². The van der Waals surface area contributed by atoms with E-state index in [1.165, 1.54) is 16.7 Å². The third kappa shape index (κ3) is 8.48. The maximum absolute atomic E-state index is 13.2. The summed E-state index contributed by atoms with van der Waals surface area (Å²) in [5, 5.41) is 12.3. The van der Waals surface area contributed by atoms with Crippen molar-refractivity contribution in [2.24, 2.45) is 0 Å². The molecule has 3 aromatic rings. The summed E-state index contributed by atoms with van der Waals surface area (Å²) in [6.45, 7) is 13.3. The first-order valence-electron chi connectivity index (χ1n) is 13.5. The van der Waals surface area contributed by atoms with Gasteiger partial charge in [-0.2, -0.15) is 0 Å². The van der Waals surface area contributed by atoms with Gasteiger partial charge >= 0.3 is 6.09 Å². The van der Waals surface area contributed by atoms with Gasteiger partial charge in [-0.3, -0.25) is 10.2 Å². The van der Waals surface area contributed by atoms with Crippen molar-refractivity contribution in [1.29, 1.82) is 0 Å². The third-order valence-electron chi connectivity index (χ3n) is 6.15. The maximum atomic E-state index is 13.2. The minimum atomic E-state index is -0.551. The molecule has 0 spiro atoms. The molecule has 0 bridgehead atoms. The van der Waals surface area contributed by atoms with Crippen LogP contribution < -0.4 is 10.7 Å². The molecule has 0 unspecified atom stereocenters. The molecule has 2 N–H and O–H groups in total. The Morgan fingerprint density at radius 1 is 1.12 bits per heavy atom. The van der Waals surface area contributed by atoms with Crippen molar-refractivity contribution in [2.45, 2.75) is 88.8 Å². The van der Waals surface area contributed by atoms with Crippen molar-refractivity contribution in [3.63, 3.8) is 0 Å². The molecule has 0 aliphatic carbocycles. The molecule has 1 aliphatic heterocycles. The highest BCUT2D eigenvalue weighted by Gasteiger charge is 2.25. The highest BCUT2D eigenvalue weighted by Crippen LogP contribution is 2.26. The molecule has 1 aliphatic rings. The van der Waals surface area contributed by atoms with E-state index in [0.717, 1.165) is 29.2 Å². The van der Waals surface area contributed by atoms with E-state index in [9.17, 15) is 9.59 Å². The number of piperidine rings is 1. The Kier molecular flexibility index (Phi) is 9.07. The number of nitrogens with zero attached hydrogens (tertiary/aromatic N) is 5. The molecule has 0 saturated carbocycles. The Balaban J connectivity index is 1.25. The number of likely N-dealkylation sites (tertiary alicyclic amines) is 1. The van der Waals surface area contributed by atoms with E-state index < -0.39 is 11.7 Å². The number of amides is 2. The summed E-state index contributed by atoms with van der Waals surface area (Å²) in [5.41, 5.74) is 4.17. The molecule has 40 heavy (non-hydrogen) atoms. The lowest BCUT2D eigenvalue weighted by Gasteiger charge is -2.33. The van der Waals surface area contributed by atoms with E-state index in [0.29, 0.717) is 36.8 Å². The van der Waals surface area contributed by atoms with E-state index >= 15 is 0 Å². The second-order valence-corrected chi connectivity index (χ2v) is 12.9. The molecule has 4 rings (SSSR count). The molecule has 0 radical (unpaired) electrons. The number of alkyl carbamates (subject to hydrolysis) is 1. The lowest BCUT2D eigenvalue weighted by atomic mass is 9.94. The molecular weight excluding hydrogens is 530 g/mol. The predicted molar refractivity (Wildman–Crippen MR) is 153 cm³/mol. The van der Waals surface area contributed by atoms with Gasteiger partial charge in [-0.25, -0.2) is 9.78 Å². The molecule has 1 aromatic carbocycles. The molecule has 2 amide bonds. The molecule has 2 aromatic heterocycles. The summed E-state index contributed by atoms with van der Waals surface area (Å²) >= 11 is 1.51. The Morgan fingerprint density at radius 2 is 1.88 bits per heavy atom.